The second-order valence-electron chi connectivity index (χ2n) is 4.90. The highest BCUT2D eigenvalue weighted by Gasteiger charge is 2.43. The Morgan fingerprint density at radius 2 is 2.00 bits per heavy atom. The average Bonchev–Trinajstić information content (AvgIpc) is 2.57. The molecule has 0 saturated carbocycles. The number of carbonyl (C=O) groups excluding carboxylic acids is 1. The van der Waals surface area contributed by atoms with Gasteiger partial charge in [0.2, 0.25) is 0 Å². The van der Waals surface area contributed by atoms with Crippen molar-refractivity contribution in [1.29, 1.82) is 0 Å². The zero-order chi connectivity index (χ0) is 14.2. The van der Waals surface area contributed by atoms with Crippen LogP contribution in [0.2, 0.25) is 10.0 Å². The number of nitrogens with zero attached hydrogens (tertiary/aromatic N) is 1. The van der Waals surface area contributed by atoms with Crippen LogP contribution in [0, 0.1) is 0 Å². The number of hydrogen-bond donors (Lipinski definition) is 2. The van der Waals surface area contributed by atoms with E-state index in [0.717, 1.165) is 0 Å². The van der Waals surface area contributed by atoms with Crippen LogP contribution in [0.25, 0.3) is 0 Å². The van der Waals surface area contributed by atoms with Crippen molar-refractivity contribution >= 4 is 35.1 Å². The molecule has 1 aromatic carbocycles. The number of hydrogen-bond acceptors (Lipinski definition) is 2. The van der Waals surface area contributed by atoms with Gasteiger partial charge < -0.3 is 5.32 Å². The van der Waals surface area contributed by atoms with Crippen LogP contribution in [0.4, 0.5) is 0 Å². The summed E-state index contributed by atoms with van der Waals surface area (Å²) in [5.41, 5.74) is -0.330. The molecule has 1 saturated heterocycles. The first-order chi connectivity index (χ1) is 8.83. The van der Waals surface area contributed by atoms with Gasteiger partial charge in [-0.1, -0.05) is 23.2 Å². The molecule has 19 heavy (non-hydrogen) atoms. The number of halogens is 2. The second kappa shape index (κ2) is 5.02. The molecule has 6 heteroatoms. The third kappa shape index (κ3) is 2.69. The van der Waals surface area contributed by atoms with E-state index in [1.54, 1.807) is 25.1 Å². The van der Waals surface area contributed by atoms with Gasteiger partial charge in [0.15, 0.2) is 5.96 Å². The van der Waals surface area contributed by atoms with Crippen molar-refractivity contribution < 1.29 is 4.79 Å². The highest BCUT2D eigenvalue weighted by Crippen LogP contribution is 2.32. The van der Waals surface area contributed by atoms with Crippen LogP contribution in [0.1, 0.15) is 26.3 Å². The first-order valence-corrected chi connectivity index (χ1v) is 6.71. The van der Waals surface area contributed by atoms with Gasteiger partial charge in [-0.2, -0.15) is 0 Å². The van der Waals surface area contributed by atoms with Gasteiger partial charge >= 0.3 is 0 Å². The fraction of sp³-hybridized carbons (Fsp3) is 0.385. The number of benzene rings is 1. The maximum atomic E-state index is 12.2. The van der Waals surface area contributed by atoms with E-state index in [-0.39, 0.29) is 11.9 Å². The van der Waals surface area contributed by atoms with Crippen LogP contribution in [0.3, 0.4) is 0 Å². The normalized spacial score (nSPS) is 24.7. The lowest BCUT2D eigenvalue weighted by Gasteiger charge is -2.23. The Hall–Kier alpha value is -1.26. The lowest BCUT2D eigenvalue weighted by atomic mass is 9.92. The molecular formula is C13H15Cl2N3O. The summed E-state index contributed by atoms with van der Waals surface area (Å²) >= 11 is 12.1. The van der Waals surface area contributed by atoms with Gasteiger partial charge in [0, 0.05) is 21.7 Å². The highest BCUT2D eigenvalue weighted by atomic mass is 35.5. The number of nitrogens with one attached hydrogen (secondary N) is 2. The van der Waals surface area contributed by atoms with Crippen molar-refractivity contribution in [3.63, 3.8) is 0 Å². The van der Waals surface area contributed by atoms with Crippen molar-refractivity contribution in [2.45, 2.75) is 32.4 Å². The van der Waals surface area contributed by atoms with Gasteiger partial charge in [0.25, 0.3) is 5.91 Å². The first-order valence-electron chi connectivity index (χ1n) is 5.96. The lowest BCUT2D eigenvalue weighted by molar-refractivity contribution is -0.123. The smallest absolute Gasteiger partial charge is 0.256 e. The number of rotatable bonds is 2. The SMILES string of the molecule is CC(C)N=C1NC(=O)C(C)(c2cc(Cl)ccc2Cl)N1. The molecule has 0 aromatic heterocycles. The lowest BCUT2D eigenvalue weighted by Crippen LogP contribution is -2.41. The summed E-state index contributed by atoms with van der Waals surface area (Å²) in [5.74, 6) is 0.259. The number of carbonyl (C=O) groups is 1. The van der Waals surface area contributed by atoms with Gasteiger partial charge in [-0.15, -0.1) is 0 Å². The number of aliphatic imine (C=N–C) groups is 1. The van der Waals surface area contributed by atoms with Crippen molar-refractivity contribution in [1.82, 2.24) is 10.6 Å². The van der Waals surface area contributed by atoms with Crippen LogP contribution >= 0.6 is 23.2 Å². The van der Waals surface area contributed by atoms with Crippen LogP contribution < -0.4 is 10.6 Å². The van der Waals surface area contributed by atoms with Gasteiger partial charge in [-0.05, 0) is 39.0 Å². The average molecular weight is 300 g/mol. The molecule has 102 valence electrons. The summed E-state index contributed by atoms with van der Waals surface area (Å²) in [4.78, 5) is 16.5. The van der Waals surface area contributed by atoms with E-state index in [2.05, 4.69) is 15.6 Å². The Balaban J connectivity index is 2.43. The summed E-state index contributed by atoms with van der Waals surface area (Å²) < 4.78 is 0. The minimum absolute atomic E-state index is 0.0833. The predicted molar refractivity (Wildman–Crippen MR) is 77.7 cm³/mol. The topological polar surface area (TPSA) is 53.5 Å². The van der Waals surface area contributed by atoms with Crippen molar-refractivity contribution in [3.05, 3.63) is 33.8 Å². The van der Waals surface area contributed by atoms with Crippen molar-refractivity contribution in [2.75, 3.05) is 0 Å². The molecule has 1 amide bonds. The Kier molecular flexibility index (Phi) is 3.74. The van der Waals surface area contributed by atoms with E-state index in [4.69, 9.17) is 23.2 Å². The minimum Gasteiger partial charge on any atom is -0.338 e. The molecule has 1 fully saturated rings. The van der Waals surface area contributed by atoms with E-state index in [0.29, 0.717) is 21.6 Å². The molecule has 4 nitrogen and oxygen atoms in total. The largest absolute Gasteiger partial charge is 0.338 e. The fourth-order valence-corrected chi connectivity index (χ4v) is 2.43. The summed E-state index contributed by atoms with van der Waals surface area (Å²) in [5, 5.41) is 6.82. The monoisotopic (exact) mass is 299 g/mol. The Labute approximate surface area is 122 Å². The molecule has 2 N–H and O–H groups in total. The van der Waals surface area contributed by atoms with Gasteiger partial charge in [0.1, 0.15) is 5.54 Å². The zero-order valence-corrected chi connectivity index (χ0v) is 12.4. The van der Waals surface area contributed by atoms with Crippen LogP contribution in [-0.2, 0) is 10.3 Å². The van der Waals surface area contributed by atoms with Crippen LogP contribution in [-0.4, -0.2) is 17.9 Å². The molecule has 0 radical (unpaired) electrons. The van der Waals surface area contributed by atoms with Gasteiger partial charge in [-0.25, -0.2) is 0 Å². The Bertz CT molecular complexity index is 557. The molecule has 1 aliphatic heterocycles. The Morgan fingerprint density at radius 1 is 1.32 bits per heavy atom. The first kappa shape index (κ1) is 14.2. The van der Waals surface area contributed by atoms with Crippen molar-refractivity contribution in [3.8, 4) is 0 Å². The number of amides is 1. The maximum Gasteiger partial charge on any atom is 0.256 e. The van der Waals surface area contributed by atoms with E-state index in [1.807, 2.05) is 13.8 Å². The summed E-state index contributed by atoms with van der Waals surface area (Å²) in [6.07, 6.45) is 0. The molecular weight excluding hydrogens is 285 g/mol. The second-order valence-corrected chi connectivity index (χ2v) is 5.74. The predicted octanol–water partition coefficient (Wildman–Crippen LogP) is 2.69. The summed E-state index contributed by atoms with van der Waals surface area (Å²) in [6, 6.07) is 5.14. The van der Waals surface area contributed by atoms with Gasteiger partial charge in [-0.3, -0.25) is 15.1 Å². The van der Waals surface area contributed by atoms with Crippen LogP contribution in [0.5, 0.6) is 0 Å². The van der Waals surface area contributed by atoms with E-state index in [9.17, 15) is 4.79 Å². The molecule has 1 aliphatic rings. The molecule has 1 aromatic rings. The molecule has 1 unspecified atom stereocenters. The summed E-state index contributed by atoms with van der Waals surface area (Å²) in [7, 11) is 0. The fourth-order valence-electron chi connectivity index (χ4n) is 1.95. The van der Waals surface area contributed by atoms with E-state index in [1.165, 1.54) is 0 Å². The van der Waals surface area contributed by atoms with E-state index >= 15 is 0 Å². The quantitative estimate of drug-likeness (QED) is 0.882. The standard InChI is InChI=1S/C13H15Cl2N3O/c1-7(2)16-12-17-11(19)13(3,18-12)9-6-8(14)4-5-10(9)15/h4-7H,1-3H3,(H2,16,17,18,19). The highest BCUT2D eigenvalue weighted by molar-refractivity contribution is 6.34. The van der Waals surface area contributed by atoms with E-state index < -0.39 is 5.54 Å². The van der Waals surface area contributed by atoms with Gasteiger partial charge in [0.05, 0.1) is 0 Å². The minimum atomic E-state index is -0.963. The summed E-state index contributed by atoms with van der Waals surface area (Å²) in [6.45, 7) is 5.62. The van der Waals surface area contributed by atoms with Crippen molar-refractivity contribution in [2.24, 2.45) is 4.99 Å². The maximum absolute atomic E-state index is 12.2. The molecule has 0 bridgehead atoms. The number of guanidine groups is 1. The molecule has 0 spiro atoms. The molecule has 2 rings (SSSR count). The third-order valence-corrected chi connectivity index (χ3v) is 3.47. The zero-order valence-electron chi connectivity index (χ0n) is 10.9. The van der Waals surface area contributed by atoms with Crippen LogP contribution in [0.15, 0.2) is 23.2 Å². The molecule has 1 heterocycles. The molecule has 0 aliphatic carbocycles. The third-order valence-electron chi connectivity index (χ3n) is 2.91. The Morgan fingerprint density at radius 3 is 2.63 bits per heavy atom. The molecule has 1 atom stereocenters.